The highest BCUT2D eigenvalue weighted by Crippen LogP contribution is 2.28. The summed E-state index contributed by atoms with van der Waals surface area (Å²) in [5, 5.41) is 0. The normalized spacial score (nSPS) is 10.3. The molecule has 0 heterocycles. The number of halogens is 8. The zero-order valence-corrected chi connectivity index (χ0v) is 21.8. The van der Waals surface area contributed by atoms with Gasteiger partial charge in [-0.15, -0.1) is 0 Å². The third kappa shape index (κ3) is 5.18. The Bertz CT molecular complexity index is 591. The number of rotatable bonds is 2. The lowest BCUT2D eigenvalue weighted by molar-refractivity contribution is -0.599. The Labute approximate surface area is 184 Å². The zero-order valence-electron chi connectivity index (χ0n) is 9.33. The molecule has 0 N–H and O–H groups in total. The number of benzene rings is 2. The van der Waals surface area contributed by atoms with E-state index in [1.54, 1.807) is 0 Å². The first-order valence-corrected chi connectivity index (χ1v) is 11.7. The molecule has 20 heavy (non-hydrogen) atoms. The van der Waals surface area contributed by atoms with E-state index in [0.29, 0.717) is 0 Å². The lowest BCUT2D eigenvalue weighted by Gasteiger charge is -2.00. The molecule has 108 valence electrons. The highest BCUT2D eigenvalue weighted by atomic mass is 127. The largest absolute Gasteiger partial charge is 1.00 e. The van der Waals surface area contributed by atoms with E-state index < -0.39 is 0 Å². The van der Waals surface area contributed by atoms with Crippen LogP contribution in [-0.2, 0) is 0 Å². The van der Waals surface area contributed by atoms with Crippen LogP contribution in [0.2, 0.25) is 0 Å². The van der Waals surface area contributed by atoms with Crippen molar-refractivity contribution in [2.75, 3.05) is 0 Å². The van der Waals surface area contributed by atoms with Crippen LogP contribution in [0.25, 0.3) is 0 Å². The minimum absolute atomic E-state index is 0. The van der Waals surface area contributed by atoms with Gasteiger partial charge in [0.15, 0.2) is 0 Å². The van der Waals surface area contributed by atoms with Crippen molar-refractivity contribution in [2.24, 2.45) is 0 Å². The van der Waals surface area contributed by atoms with Crippen molar-refractivity contribution in [2.45, 2.75) is 0 Å². The van der Waals surface area contributed by atoms with Crippen molar-refractivity contribution in [1.82, 2.24) is 0 Å². The van der Waals surface area contributed by atoms with Crippen molar-refractivity contribution in [1.29, 1.82) is 0 Å². The summed E-state index contributed by atoms with van der Waals surface area (Å²) in [5.41, 5.74) is 0. The Morgan fingerprint density at radius 3 is 1.15 bits per heavy atom. The predicted octanol–water partition coefficient (Wildman–Crippen LogP) is 1.39. The van der Waals surface area contributed by atoms with Gasteiger partial charge < -0.3 is 12.4 Å². The van der Waals surface area contributed by atoms with Crippen LogP contribution in [0.5, 0.6) is 0 Å². The smallest absolute Gasteiger partial charge is 0.360 e. The molecule has 0 aliphatic rings. The van der Waals surface area contributed by atoms with Crippen LogP contribution in [0.15, 0.2) is 51.1 Å². The molecule has 0 unspecified atom stereocenters. The lowest BCUT2D eigenvalue weighted by Crippen LogP contribution is -3.61. The molecule has 2 aromatic rings. The van der Waals surface area contributed by atoms with Gasteiger partial charge in [0.25, 0.3) is 0 Å². The molecule has 0 amide bonds. The van der Waals surface area contributed by atoms with Gasteiger partial charge in [-0.2, -0.15) is 0 Å². The maximum Gasteiger partial charge on any atom is 0.360 e. The van der Waals surface area contributed by atoms with E-state index in [0.717, 1.165) is 26.8 Å². The highest BCUT2D eigenvalue weighted by Gasteiger charge is 2.24. The van der Waals surface area contributed by atoms with Gasteiger partial charge in [-0.3, -0.25) is 0 Å². The van der Waals surface area contributed by atoms with Crippen molar-refractivity contribution in [3.63, 3.8) is 0 Å². The summed E-state index contributed by atoms with van der Waals surface area (Å²) in [4.78, 5) is 0. The monoisotopic (exact) mass is 783 g/mol. The van der Waals surface area contributed by atoms with E-state index in [-0.39, 0.29) is 33.6 Å². The van der Waals surface area contributed by atoms with Gasteiger partial charge in [-0.05, 0) is 108 Å². The minimum Gasteiger partial charge on any atom is -1.00 e. The van der Waals surface area contributed by atoms with Crippen LogP contribution < -0.4 is 33.6 Å². The fourth-order valence-corrected chi connectivity index (χ4v) is 8.17. The molecule has 0 saturated carbocycles. The van der Waals surface area contributed by atoms with E-state index in [9.17, 15) is 0 Å². The van der Waals surface area contributed by atoms with E-state index in [1.807, 2.05) is 0 Å². The summed E-state index contributed by atoms with van der Waals surface area (Å²) < 4.78 is 9.23. The molecule has 0 atom stereocenters. The maximum atomic E-state index is 3.64. The first-order chi connectivity index (χ1) is 8.88. The van der Waals surface area contributed by atoms with Crippen LogP contribution in [0, 0.1) is 7.14 Å². The van der Waals surface area contributed by atoms with Gasteiger partial charge in [0.2, 0.25) is 7.14 Å². The average molecular weight is 790 g/mol. The topological polar surface area (TPSA) is 0 Å². The molecule has 2 rings (SSSR count). The van der Waals surface area contributed by atoms with Crippen LogP contribution in [-0.4, -0.2) is 0 Å². The summed E-state index contributed by atoms with van der Waals surface area (Å²) in [7, 11) is 0. The third-order valence-electron chi connectivity index (χ3n) is 2.13. The lowest BCUT2D eigenvalue weighted by atomic mass is 10.4. The summed E-state index contributed by atoms with van der Waals surface area (Å²) in [5.74, 6) is 0. The van der Waals surface area contributed by atoms with Crippen molar-refractivity contribution >= 4 is 95.6 Å². The predicted molar refractivity (Wildman–Crippen MR) is 96.5 cm³/mol. The standard InChI is InChI=1S/C12H4Br6I.ClH/c13-5-1-9(17)11(3-7(5)15)19-12-4-8(16)6(14)2-10(12)18;/h1-4H;1H/q+1;/p-1. The molecular weight excluding hydrogens is 786 g/mol. The molecule has 2 aromatic carbocycles. The van der Waals surface area contributed by atoms with Gasteiger partial charge >= 0.3 is 21.2 Å². The molecule has 0 aromatic heterocycles. The Kier molecular flexibility index (Phi) is 9.16. The molecule has 0 saturated heterocycles. The minimum atomic E-state index is -0.269. The Balaban J connectivity index is 0.00000200. The Morgan fingerprint density at radius 1 is 0.500 bits per heavy atom. The highest BCUT2D eigenvalue weighted by molar-refractivity contribution is 9.13. The fraction of sp³-hybridized carbons (Fsp3) is 0. The summed E-state index contributed by atoms with van der Waals surface area (Å²) >= 11 is 21.2. The van der Waals surface area contributed by atoms with Crippen LogP contribution in [0.4, 0.5) is 0 Å². The number of hydrogen-bond donors (Lipinski definition) is 0. The first-order valence-electron chi connectivity index (χ1n) is 4.82. The van der Waals surface area contributed by atoms with Gasteiger partial charge in [-0.1, -0.05) is 0 Å². The Hall–Kier alpha value is 2.34. The van der Waals surface area contributed by atoms with Gasteiger partial charge in [0.05, 0.1) is 8.95 Å². The van der Waals surface area contributed by atoms with Crippen LogP contribution in [0.1, 0.15) is 0 Å². The van der Waals surface area contributed by atoms with E-state index in [2.05, 4.69) is 120 Å². The van der Waals surface area contributed by atoms with Crippen molar-refractivity contribution in [3.8, 4) is 0 Å². The molecule has 0 bridgehead atoms. The van der Waals surface area contributed by atoms with Gasteiger partial charge in [0, 0.05) is 30.0 Å². The van der Waals surface area contributed by atoms with Crippen LogP contribution in [0.3, 0.4) is 0 Å². The van der Waals surface area contributed by atoms with E-state index >= 15 is 0 Å². The fourth-order valence-electron chi connectivity index (χ4n) is 1.25. The van der Waals surface area contributed by atoms with E-state index in [1.165, 1.54) is 7.14 Å². The second-order valence-electron chi connectivity index (χ2n) is 3.46. The first kappa shape index (κ1) is 20.4. The molecular formula is C12H4Br6ClI. The van der Waals surface area contributed by atoms with Crippen LogP contribution >= 0.6 is 95.6 Å². The summed E-state index contributed by atoms with van der Waals surface area (Å²) in [6.45, 7) is 0. The second-order valence-corrected chi connectivity index (χ2v) is 11.4. The van der Waals surface area contributed by atoms with Gasteiger partial charge in [0.1, 0.15) is 0 Å². The quantitative estimate of drug-likeness (QED) is 0.320. The van der Waals surface area contributed by atoms with Crippen molar-refractivity contribution < 1.29 is 33.6 Å². The SMILES string of the molecule is Brc1cc(Br)c([I+]c2cc(Br)c(Br)cc2Br)cc1Br.[Cl-]. The number of hydrogen-bond acceptors (Lipinski definition) is 0. The molecule has 0 fully saturated rings. The van der Waals surface area contributed by atoms with Gasteiger partial charge in [-0.25, -0.2) is 0 Å². The molecule has 0 aliphatic heterocycles. The molecule has 0 spiro atoms. The molecule has 0 nitrogen and oxygen atoms in total. The summed E-state index contributed by atoms with van der Waals surface area (Å²) in [6, 6.07) is 8.51. The average Bonchev–Trinajstić information content (AvgIpc) is 2.32. The second kappa shape index (κ2) is 8.99. The Morgan fingerprint density at radius 2 is 0.800 bits per heavy atom. The summed E-state index contributed by atoms with van der Waals surface area (Å²) in [6.07, 6.45) is 0. The molecule has 8 heteroatoms. The van der Waals surface area contributed by atoms with Crippen molar-refractivity contribution in [3.05, 3.63) is 58.2 Å². The van der Waals surface area contributed by atoms with E-state index in [4.69, 9.17) is 0 Å². The third-order valence-corrected chi connectivity index (χ3v) is 11.6. The molecule has 0 radical (unpaired) electrons. The maximum absolute atomic E-state index is 3.64. The molecule has 0 aliphatic carbocycles. The zero-order chi connectivity index (χ0) is 14.2.